The number of rotatable bonds is 7. The minimum atomic E-state index is 0.444. The summed E-state index contributed by atoms with van der Waals surface area (Å²) in [6.45, 7) is 16.4. The maximum absolute atomic E-state index is 4.58. The number of H-pyrrole nitrogens is 1. The molecule has 4 heteroatoms. The molecule has 0 saturated carbocycles. The molecule has 2 aromatic heterocycles. The molecule has 33 heavy (non-hydrogen) atoms. The van der Waals surface area contributed by atoms with Crippen LogP contribution in [0, 0.1) is 13.8 Å². The number of piperidine rings is 1. The number of benzene rings is 1. The van der Waals surface area contributed by atoms with E-state index in [-0.39, 0.29) is 0 Å². The van der Waals surface area contributed by atoms with Crippen molar-refractivity contribution in [3.8, 4) is 11.3 Å². The highest BCUT2D eigenvalue weighted by molar-refractivity contribution is 5.92. The van der Waals surface area contributed by atoms with Gasteiger partial charge in [-0.05, 0) is 94.4 Å². The average molecular weight is 445 g/mol. The lowest BCUT2D eigenvalue weighted by molar-refractivity contribution is 0.250. The van der Waals surface area contributed by atoms with E-state index in [1.165, 1.54) is 51.8 Å². The first-order valence-corrected chi connectivity index (χ1v) is 12.4. The highest BCUT2D eigenvalue weighted by atomic mass is 15.1. The van der Waals surface area contributed by atoms with Crippen LogP contribution in [0.25, 0.3) is 22.2 Å². The van der Waals surface area contributed by atoms with Crippen LogP contribution in [0.4, 0.5) is 0 Å². The molecule has 0 radical (unpaired) electrons. The van der Waals surface area contributed by atoms with Crippen LogP contribution in [0.2, 0.25) is 0 Å². The van der Waals surface area contributed by atoms with Crippen molar-refractivity contribution in [2.45, 2.75) is 58.8 Å². The normalized spacial score (nSPS) is 15.2. The largest absolute Gasteiger partial charge is 0.375 e. The first-order chi connectivity index (χ1) is 15.7. The van der Waals surface area contributed by atoms with Crippen LogP contribution in [0.15, 0.2) is 42.6 Å². The van der Waals surface area contributed by atoms with Crippen molar-refractivity contribution in [2.24, 2.45) is 0 Å². The Balaban J connectivity index is 1.59. The first kappa shape index (κ1) is 23.6. The molecule has 1 N–H and O–H groups in total. The van der Waals surface area contributed by atoms with Crippen molar-refractivity contribution in [3.63, 3.8) is 0 Å². The molecule has 3 aromatic rings. The Hall–Kier alpha value is -2.59. The Kier molecular flexibility index (Phi) is 6.94. The predicted molar refractivity (Wildman–Crippen MR) is 141 cm³/mol. The van der Waals surface area contributed by atoms with Crippen LogP contribution < -0.4 is 0 Å². The smallest absolute Gasteiger partial charge is 0.0501 e. The average Bonchev–Trinajstić information content (AvgIpc) is 3.16. The Morgan fingerprint density at radius 1 is 1.12 bits per heavy atom. The number of aryl methyl sites for hydroxylation is 2. The number of hydrogen-bond acceptors (Lipinski definition) is 3. The Labute approximate surface area is 199 Å². The van der Waals surface area contributed by atoms with E-state index in [1.54, 1.807) is 0 Å². The van der Waals surface area contributed by atoms with Gasteiger partial charge in [-0.15, -0.1) is 0 Å². The van der Waals surface area contributed by atoms with Crippen LogP contribution in [0.5, 0.6) is 0 Å². The summed E-state index contributed by atoms with van der Waals surface area (Å²) in [6, 6.07) is 11.5. The highest BCUT2D eigenvalue weighted by Gasteiger charge is 2.23. The molecule has 1 aromatic carbocycles. The van der Waals surface area contributed by atoms with Gasteiger partial charge in [0.25, 0.3) is 0 Å². The maximum atomic E-state index is 4.58. The number of aromatic nitrogens is 2. The fourth-order valence-corrected chi connectivity index (χ4v) is 5.33. The van der Waals surface area contributed by atoms with Gasteiger partial charge in [-0.2, -0.15) is 0 Å². The number of likely N-dealkylation sites (tertiary alicyclic amines) is 1. The summed E-state index contributed by atoms with van der Waals surface area (Å²) >= 11 is 0. The van der Waals surface area contributed by atoms with Crippen molar-refractivity contribution in [1.29, 1.82) is 0 Å². The summed E-state index contributed by atoms with van der Waals surface area (Å²) in [5, 5.41) is 1.38. The van der Waals surface area contributed by atoms with E-state index >= 15 is 0 Å². The van der Waals surface area contributed by atoms with Crippen molar-refractivity contribution in [3.05, 3.63) is 65.1 Å². The molecule has 0 amide bonds. The molecule has 0 aliphatic carbocycles. The van der Waals surface area contributed by atoms with E-state index in [4.69, 9.17) is 0 Å². The molecule has 4 rings (SSSR count). The summed E-state index contributed by atoms with van der Waals surface area (Å²) in [5.74, 6) is 1.07. The molecule has 4 nitrogen and oxygen atoms in total. The lowest BCUT2D eigenvalue weighted by Gasteiger charge is -2.35. The second kappa shape index (κ2) is 9.72. The minimum absolute atomic E-state index is 0.444. The fourth-order valence-electron chi connectivity index (χ4n) is 5.33. The molecule has 0 atom stereocenters. The lowest BCUT2D eigenvalue weighted by atomic mass is 9.87. The van der Waals surface area contributed by atoms with Crippen LogP contribution in [-0.4, -0.2) is 53.5 Å². The standard InChI is InChI=1S/C29H40N4/c1-19(2)28-26-18-24(23-11-14-33(15-12-23)22(5)10-13-32(6)7)8-9-27(26)31-29(28)25-16-20(3)30-21(4)17-25/h8-9,16-19,23,31H,5,10-15H2,1-4,6-7H3. The van der Waals surface area contributed by atoms with Gasteiger partial charge in [0, 0.05) is 53.2 Å². The topological polar surface area (TPSA) is 35.2 Å². The van der Waals surface area contributed by atoms with Crippen molar-refractivity contribution in [1.82, 2.24) is 19.8 Å². The Morgan fingerprint density at radius 2 is 1.79 bits per heavy atom. The van der Waals surface area contributed by atoms with Gasteiger partial charge < -0.3 is 14.8 Å². The number of nitrogens with one attached hydrogen (secondary N) is 1. The van der Waals surface area contributed by atoms with E-state index < -0.39 is 0 Å². The third-order valence-corrected chi connectivity index (χ3v) is 7.07. The van der Waals surface area contributed by atoms with Gasteiger partial charge in [-0.25, -0.2) is 0 Å². The molecule has 0 bridgehead atoms. The van der Waals surface area contributed by atoms with E-state index in [2.05, 4.69) is 98.5 Å². The Bertz CT molecular complexity index is 1110. The van der Waals surface area contributed by atoms with Gasteiger partial charge in [0.05, 0.1) is 5.69 Å². The van der Waals surface area contributed by atoms with Crippen LogP contribution in [0.1, 0.15) is 67.5 Å². The zero-order valence-electron chi connectivity index (χ0n) is 21.3. The second-order valence-electron chi connectivity index (χ2n) is 10.4. The van der Waals surface area contributed by atoms with Crippen molar-refractivity contribution >= 4 is 10.9 Å². The molecular formula is C29H40N4. The highest BCUT2D eigenvalue weighted by Crippen LogP contribution is 2.38. The van der Waals surface area contributed by atoms with Crippen LogP contribution in [0.3, 0.4) is 0 Å². The monoisotopic (exact) mass is 444 g/mol. The van der Waals surface area contributed by atoms with E-state index in [9.17, 15) is 0 Å². The van der Waals surface area contributed by atoms with Crippen molar-refractivity contribution < 1.29 is 0 Å². The molecule has 3 heterocycles. The van der Waals surface area contributed by atoms with E-state index in [1.807, 2.05) is 0 Å². The summed E-state index contributed by atoms with van der Waals surface area (Å²) in [7, 11) is 4.26. The number of fused-ring (bicyclic) bond motifs is 1. The SMILES string of the molecule is C=C(CCN(C)C)N1CCC(c2ccc3[nH]c(-c4cc(C)nc(C)c4)c(C(C)C)c3c2)CC1. The van der Waals surface area contributed by atoms with Gasteiger partial charge in [0.2, 0.25) is 0 Å². The number of aromatic amines is 1. The van der Waals surface area contributed by atoms with Crippen LogP contribution in [-0.2, 0) is 0 Å². The fraction of sp³-hybridized carbons (Fsp3) is 0.483. The number of pyridine rings is 1. The third kappa shape index (κ3) is 5.16. The molecule has 1 saturated heterocycles. The zero-order chi connectivity index (χ0) is 23.7. The second-order valence-corrected chi connectivity index (χ2v) is 10.4. The summed E-state index contributed by atoms with van der Waals surface area (Å²) in [6.07, 6.45) is 3.45. The molecule has 0 unspecified atom stereocenters. The van der Waals surface area contributed by atoms with Gasteiger partial charge in [-0.1, -0.05) is 26.5 Å². The van der Waals surface area contributed by atoms with Gasteiger partial charge in [0.1, 0.15) is 0 Å². The molecule has 0 spiro atoms. The minimum Gasteiger partial charge on any atom is -0.375 e. The number of nitrogens with zero attached hydrogens (tertiary/aromatic N) is 3. The third-order valence-electron chi connectivity index (χ3n) is 7.07. The molecule has 176 valence electrons. The van der Waals surface area contributed by atoms with Crippen LogP contribution >= 0.6 is 0 Å². The molecular weight excluding hydrogens is 404 g/mol. The van der Waals surface area contributed by atoms with E-state index in [0.29, 0.717) is 11.8 Å². The maximum Gasteiger partial charge on any atom is 0.0501 e. The summed E-state index contributed by atoms with van der Waals surface area (Å²) in [4.78, 5) is 13.1. The quantitative estimate of drug-likeness (QED) is 0.445. The molecule has 1 aliphatic rings. The van der Waals surface area contributed by atoms with Gasteiger partial charge in [0.15, 0.2) is 0 Å². The number of hydrogen-bond donors (Lipinski definition) is 1. The molecule has 1 aliphatic heterocycles. The lowest BCUT2D eigenvalue weighted by Crippen LogP contribution is -2.33. The van der Waals surface area contributed by atoms with Gasteiger partial charge in [-0.3, -0.25) is 4.98 Å². The summed E-state index contributed by atoms with van der Waals surface area (Å²) < 4.78 is 0. The van der Waals surface area contributed by atoms with Crippen molar-refractivity contribution in [2.75, 3.05) is 33.7 Å². The van der Waals surface area contributed by atoms with E-state index in [0.717, 1.165) is 37.4 Å². The Morgan fingerprint density at radius 3 is 2.39 bits per heavy atom. The zero-order valence-corrected chi connectivity index (χ0v) is 21.3. The molecule has 1 fully saturated rings. The van der Waals surface area contributed by atoms with Gasteiger partial charge >= 0.3 is 0 Å². The first-order valence-electron chi connectivity index (χ1n) is 12.4. The summed E-state index contributed by atoms with van der Waals surface area (Å²) in [5.41, 5.74) is 10.1. The predicted octanol–water partition coefficient (Wildman–Crippen LogP) is 6.61.